The van der Waals surface area contributed by atoms with Crippen molar-refractivity contribution in [2.24, 2.45) is 5.92 Å². The van der Waals surface area contributed by atoms with Crippen LogP contribution in [0.5, 0.6) is 11.5 Å². The highest BCUT2D eigenvalue weighted by Gasteiger charge is 2.38. The van der Waals surface area contributed by atoms with Crippen LogP contribution in [0.25, 0.3) is 33.6 Å². The Balaban J connectivity index is 1.12. The van der Waals surface area contributed by atoms with Crippen molar-refractivity contribution in [1.29, 1.82) is 0 Å². The first kappa shape index (κ1) is 39.1. The number of nitrogens with one attached hydrogen (secondary N) is 3. The van der Waals surface area contributed by atoms with E-state index >= 15 is 0 Å². The first-order valence-electron chi connectivity index (χ1n) is 19.6. The van der Waals surface area contributed by atoms with Crippen LogP contribution in [0.2, 0.25) is 0 Å². The van der Waals surface area contributed by atoms with Crippen molar-refractivity contribution in [1.82, 2.24) is 35.1 Å². The third kappa shape index (κ3) is 8.82. The molecule has 0 aliphatic carbocycles. The van der Waals surface area contributed by atoms with Gasteiger partial charge in [-0.05, 0) is 87.8 Å². The molecule has 3 amide bonds. The van der Waals surface area contributed by atoms with Gasteiger partial charge in [-0.2, -0.15) is 0 Å². The van der Waals surface area contributed by atoms with Crippen molar-refractivity contribution in [2.75, 3.05) is 20.2 Å². The van der Waals surface area contributed by atoms with Gasteiger partial charge >= 0.3 is 12.2 Å². The minimum absolute atomic E-state index is 0.124. The van der Waals surface area contributed by atoms with Crippen molar-refractivity contribution in [3.05, 3.63) is 96.8 Å². The van der Waals surface area contributed by atoms with Crippen LogP contribution in [0, 0.1) is 5.92 Å². The number of H-pyrrole nitrogens is 2. The van der Waals surface area contributed by atoms with E-state index in [9.17, 15) is 14.4 Å². The predicted molar refractivity (Wildman–Crippen MR) is 216 cm³/mol. The van der Waals surface area contributed by atoms with Gasteiger partial charge < -0.3 is 34.4 Å². The first-order chi connectivity index (χ1) is 27.4. The molecule has 0 spiro atoms. The summed E-state index contributed by atoms with van der Waals surface area (Å²) in [4.78, 5) is 58.6. The summed E-state index contributed by atoms with van der Waals surface area (Å²) >= 11 is 0. The summed E-state index contributed by atoms with van der Waals surface area (Å²) in [6, 6.07) is 22.8. The predicted octanol–water partition coefficient (Wildman–Crippen LogP) is 9.04. The smallest absolute Gasteiger partial charge is 0.410 e. The minimum atomic E-state index is -0.711. The fraction of sp³-hybridized carbons (Fsp3) is 0.386. The van der Waals surface area contributed by atoms with Crippen molar-refractivity contribution >= 4 is 18.1 Å². The van der Waals surface area contributed by atoms with Gasteiger partial charge in [-0.3, -0.25) is 9.69 Å². The maximum absolute atomic E-state index is 13.7. The molecular formula is C44H51N7O6. The van der Waals surface area contributed by atoms with Gasteiger partial charge in [-0.25, -0.2) is 19.6 Å². The summed E-state index contributed by atoms with van der Waals surface area (Å²) in [6.45, 7) is 10.6. The van der Waals surface area contributed by atoms with E-state index in [1.165, 1.54) is 7.11 Å². The average molecular weight is 774 g/mol. The molecule has 2 aromatic heterocycles. The van der Waals surface area contributed by atoms with Gasteiger partial charge in [0.2, 0.25) is 5.91 Å². The molecule has 13 nitrogen and oxygen atoms in total. The zero-order valence-corrected chi connectivity index (χ0v) is 33.4. The molecule has 5 aromatic rings. The summed E-state index contributed by atoms with van der Waals surface area (Å²) in [5.74, 6) is 2.53. The highest BCUT2D eigenvalue weighted by Crippen LogP contribution is 2.39. The standard InChI is InChI=1S/C44H51N7O6/c1-27(2)38(49-42(53)55-6)41(52)50-22-10-14-35(50)39-46-26-34(48-39)30-20-21-32(37(24-30)56-31-12-8-7-9-13-31)28-16-18-29(19-17-28)33-25-45-40(47-33)36-15-11-23-51(36)43(54)57-44(3,4)5/h7-9,12-13,16-21,24-27,35-36,38H,10-11,14-15,22-23H2,1-6H3,(H,45,47)(H,46,48)(H,49,53)/t35-,36-,38-/m0/s1. The van der Waals surface area contributed by atoms with E-state index in [1.807, 2.05) is 101 Å². The number of para-hydroxylation sites is 1. The summed E-state index contributed by atoms with van der Waals surface area (Å²) < 4.78 is 17.0. The number of aromatic amines is 2. The number of benzene rings is 3. The van der Waals surface area contributed by atoms with E-state index in [0.717, 1.165) is 65.1 Å². The molecule has 3 aromatic carbocycles. The lowest BCUT2D eigenvalue weighted by Gasteiger charge is -2.30. The lowest BCUT2D eigenvalue weighted by molar-refractivity contribution is -0.135. The number of nitrogens with zero attached hydrogens (tertiary/aromatic N) is 4. The molecule has 298 valence electrons. The number of hydrogen-bond donors (Lipinski definition) is 3. The highest BCUT2D eigenvalue weighted by atomic mass is 16.6. The maximum atomic E-state index is 13.7. The molecule has 3 N–H and O–H groups in total. The van der Waals surface area contributed by atoms with E-state index in [0.29, 0.717) is 30.4 Å². The Hall–Kier alpha value is -6.11. The molecule has 0 radical (unpaired) electrons. The van der Waals surface area contributed by atoms with Crippen LogP contribution in [-0.4, -0.2) is 79.7 Å². The highest BCUT2D eigenvalue weighted by molar-refractivity contribution is 5.86. The summed E-state index contributed by atoms with van der Waals surface area (Å²) in [6.07, 6.45) is 5.94. The number of imidazole rings is 2. The van der Waals surface area contributed by atoms with Crippen LogP contribution in [0.4, 0.5) is 9.59 Å². The molecule has 4 heterocycles. The van der Waals surface area contributed by atoms with Gasteiger partial charge in [0.25, 0.3) is 0 Å². The van der Waals surface area contributed by atoms with Crippen LogP contribution >= 0.6 is 0 Å². The average Bonchev–Trinajstić information content (AvgIpc) is 4.03. The van der Waals surface area contributed by atoms with E-state index in [1.54, 1.807) is 16.0 Å². The summed E-state index contributed by atoms with van der Waals surface area (Å²) in [7, 11) is 1.29. The van der Waals surface area contributed by atoms with E-state index in [4.69, 9.17) is 19.2 Å². The van der Waals surface area contributed by atoms with Crippen LogP contribution in [0.3, 0.4) is 0 Å². The Morgan fingerprint density at radius 3 is 1.98 bits per heavy atom. The quantitative estimate of drug-likeness (QED) is 0.127. The Kier molecular flexibility index (Phi) is 11.4. The van der Waals surface area contributed by atoms with Gasteiger partial charge in [0.1, 0.15) is 34.8 Å². The molecule has 2 aliphatic rings. The lowest BCUT2D eigenvalue weighted by Crippen LogP contribution is -2.51. The van der Waals surface area contributed by atoms with Crippen LogP contribution < -0.4 is 10.1 Å². The van der Waals surface area contributed by atoms with Crippen LogP contribution in [0.1, 0.15) is 84.0 Å². The Labute approximate surface area is 333 Å². The van der Waals surface area contributed by atoms with Crippen molar-refractivity contribution in [3.63, 3.8) is 0 Å². The Bertz CT molecular complexity index is 2190. The zero-order chi connectivity index (χ0) is 40.3. The van der Waals surface area contributed by atoms with Gasteiger partial charge in [0.15, 0.2) is 0 Å². The second-order valence-electron chi connectivity index (χ2n) is 15.9. The summed E-state index contributed by atoms with van der Waals surface area (Å²) in [5, 5.41) is 2.71. The number of aromatic nitrogens is 4. The van der Waals surface area contributed by atoms with Gasteiger partial charge in [-0.1, -0.05) is 62.4 Å². The number of ether oxygens (including phenoxy) is 3. The number of carbonyl (C=O) groups excluding carboxylic acids is 3. The van der Waals surface area contributed by atoms with E-state index in [2.05, 4.69) is 32.4 Å². The molecule has 2 saturated heterocycles. The summed E-state index contributed by atoms with van der Waals surface area (Å²) in [5.41, 5.74) is 4.80. The molecule has 13 heteroatoms. The second-order valence-corrected chi connectivity index (χ2v) is 15.9. The molecule has 0 unspecified atom stereocenters. The van der Waals surface area contributed by atoms with E-state index in [-0.39, 0.29) is 30.0 Å². The van der Waals surface area contributed by atoms with Gasteiger partial charge in [0.05, 0.1) is 43.0 Å². The molecule has 7 rings (SSSR count). The largest absolute Gasteiger partial charge is 0.457 e. The Morgan fingerprint density at radius 1 is 0.789 bits per heavy atom. The minimum Gasteiger partial charge on any atom is -0.457 e. The fourth-order valence-corrected chi connectivity index (χ4v) is 7.55. The number of hydrogen-bond acceptors (Lipinski definition) is 8. The molecule has 57 heavy (non-hydrogen) atoms. The van der Waals surface area contributed by atoms with Crippen molar-refractivity contribution < 1.29 is 28.6 Å². The molecule has 2 aliphatic heterocycles. The number of methoxy groups -OCH3 is 1. The maximum Gasteiger partial charge on any atom is 0.410 e. The monoisotopic (exact) mass is 773 g/mol. The number of amides is 3. The van der Waals surface area contributed by atoms with Crippen LogP contribution in [0.15, 0.2) is 85.2 Å². The Morgan fingerprint density at radius 2 is 1.37 bits per heavy atom. The normalized spacial score (nSPS) is 17.5. The first-order valence-corrected chi connectivity index (χ1v) is 19.6. The lowest BCUT2D eigenvalue weighted by atomic mass is 10.00. The number of alkyl carbamates (subject to hydrolysis) is 1. The molecule has 3 atom stereocenters. The zero-order valence-electron chi connectivity index (χ0n) is 33.4. The van der Waals surface area contributed by atoms with Crippen LogP contribution in [-0.2, 0) is 14.3 Å². The third-order valence-corrected chi connectivity index (χ3v) is 10.4. The molecular weight excluding hydrogens is 723 g/mol. The number of rotatable bonds is 10. The molecule has 2 fully saturated rings. The van der Waals surface area contributed by atoms with Gasteiger partial charge in [0, 0.05) is 24.2 Å². The molecule has 0 saturated carbocycles. The SMILES string of the molecule is COC(=O)N[C@H](C(=O)N1CCC[C@H]1c1ncc(-c2ccc(-c3ccc(-c4cnc([C@@H]5CCCN5C(=O)OC(C)(C)C)[nH]4)cc3)c(Oc3ccccc3)c2)[nH]1)C(C)C. The molecule has 0 bridgehead atoms. The number of likely N-dealkylation sites (tertiary alicyclic amines) is 2. The topological polar surface area (TPSA) is 155 Å². The fourth-order valence-electron chi connectivity index (χ4n) is 7.55. The van der Waals surface area contributed by atoms with Gasteiger partial charge in [-0.15, -0.1) is 0 Å². The number of carbonyl (C=O) groups is 3. The van der Waals surface area contributed by atoms with E-state index < -0.39 is 17.7 Å². The third-order valence-electron chi connectivity index (χ3n) is 10.4. The van der Waals surface area contributed by atoms with Crippen molar-refractivity contribution in [3.8, 4) is 45.1 Å². The van der Waals surface area contributed by atoms with Crippen molar-refractivity contribution in [2.45, 2.75) is 84.0 Å². The second kappa shape index (κ2) is 16.5.